The van der Waals surface area contributed by atoms with Crippen molar-refractivity contribution in [1.82, 2.24) is 9.97 Å². The van der Waals surface area contributed by atoms with Crippen LogP contribution in [0.4, 0.5) is 0 Å². The predicted molar refractivity (Wildman–Crippen MR) is 84.9 cm³/mol. The normalized spacial score (nSPS) is 10.6. The predicted octanol–water partition coefficient (Wildman–Crippen LogP) is 4.41. The van der Waals surface area contributed by atoms with Crippen molar-refractivity contribution in [3.63, 3.8) is 0 Å². The summed E-state index contributed by atoms with van der Waals surface area (Å²) >= 11 is 1.88. The summed E-state index contributed by atoms with van der Waals surface area (Å²) in [6.07, 6.45) is 4.74. The minimum absolute atomic E-state index is 0.938. The van der Waals surface area contributed by atoms with Crippen LogP contribution < -0.4 is 0 Å². The number of benzene rings is 2. The molecule has 20 heavy (non-hydrogen) atoms. The number of imidazole rings is 1. The lowest BCUT2D eigenvalue weighted by atomic mass is 10.2. The molecule has 0 amide bonds. The van der Waals surface area contributed by atoms with E-state index in [0.29, 0.717) is 0 Å². The van der Waals surface area contributed by atoms with Gasteiger partial charge in [-0.25, -0.2) is 4.98 Å². The van der Waals surface area contributed by atoms with Gasteiger partial charge in [0.1, 0.15) is 5.82 Å². The summed E-state index contributed by atoms with van der Waals surface area (Å²) < 4.78 is 0. The van der Waals surface area contributed by atoms with Crippen molar-refractivity contribution in [3.05, 3.63) is 72.6 Å². The van der Waals surface area contributed by atoms with E-state index in [-0.39, 0.29) is 0 Å². The Morgan fingerprint density at radius 3 is 2.55 bits per heavy atom. The Kier molecular flexibility index (Phi) is 4.19. The molecule has 0 aliphatic heterocycles. The van der Waals surface area contributed by atoms with Gasteiger partial charge in [-0.1, -0.05) is 48.5 Å². The van der Waals surface area contributed by atoms with E-state index in [1.54, 1.807) is 6.20 Å². The van der Waals surface area contributed by atoms with Gasteiger partial charge >= 0.3 is 0 Å². The van der Waals surface area contributed by atoms with Crippen molar-refractivity contribution in [2.24, 2.45) is 0 Å². The summed E-state index contributed by atoms with van der Waals surface area (Å²) in [6, 6.07) is 19.0. The van der Waals surface area contributed by atoms with Crippen LogP contribution in [0.25, 0.3) is 11.4 Å². The second kappa shape index (κ2) is 6.44. The van der Waals surface area contributed by atoms with E-state index in [4.69, 9.17) is 0 Å². The molecule has 0 unspecified atom stereocenters. The van der Waals surface area contributed by atoms with Crippen molar-refractivity contribution < 1.29 is 0 Å². The van der Waals surface area contributed by atoms with Gasteiger partial charge in [0.25, 0.3) is 0 Å². The van der Waals surface area contributed by atoms with Crippen LogP contribution in [0.3, 0.4) is 0 Å². The van der Waals surface area contributed by atoms with E-state index in [0.717, 1.165) is 18.0 Å². The van der Waals surface area contributed by atoms with Crippen LogP contribution in [0.2, 0.25) is 0 Å². The van der Waals surface area contributed by atoms with E-state index >= 15 is 0 Å². The molecule has 1 N–H and O–H groups in total. The Labute approximate surface area is 123 Å². The summed E-state index contributed by atoms with van der Waals surface area (Å²) in [5.41, 5.74) is 2.56. The number of thioether (sulfide) groups is 1. The first-order chi connectivity index (χ1) is 9.93. The molecule has 3 heteroatoms. The molecule has 2 aromatic carbocycles. The van der Waals surface area contributed by atoms with Crippen LogP contribution in [0.15, 0.2) is 71.9 Å². The fourth-order valence-electron chi connectivity index (χ4n) is 2.12. The summed E-state index contributed by atoms with van der Waals surface area (Å²) in [6.45, 7) is 0. The van der Waals surface area contributed by atoms with Gasteiger partial charge in [-0.05, 0) is 18.1 Å². The molecule has 1 heterocycles. The first-order valence-electron chi connectivity index (χ1n) is 6.69. The first-order valence-corrected chi connectivity index (χ1v) is 7.67. The van der Waals surface area contributed by atoms with Gasteiger partial charge in [0.15, 0.2) is 0 Å². The smallest absolute Gasteiger partial charge is 0.138 e. The number of H-pyrrole nitrogens is 1. The minimum Gasteiger partial charge on any atom is -0.345 e. The number of aromatic amines is 1. The third-order valence-electron chi connectivity index (χ3n) is 3.13. The zero-order valence-electron chi connectivity index (χ0n) is 11.1. The lowest BCUT2D eigenvalue weighted by Crippen LogP contribution is -1.90. The second-order valence-electron chi connectivity index (χ2n) is 4.52. The molecular formula is C17H16N2S. The molecule has 100 valence electrons. The molecule has 0 aliphatic rings. The molecule has 0 atom stereocenters. The Morgan fingerprint density at radius 2 is 1.75 bits per heavy atom. The Bertz CT molecular complexity index is 648. The number of aromatic nitrogens is 2. The minimum atomic E-state index is 0.938. The average Bonchev–Trinajstić information content (AvgIpc) is 3.03. The van der Waals surface area contributed by atoms with Gasteiger partial charge in [0.2, 0.25) is 0 Å². The average molecular weight is 280 g/mol. The maximum atomic E-state index is 4.34. The van der Waals surface area contributed by atoms with Crippen molar-refractivity contribution in [1.29, 1.82) is 0 Å². The lowest BCUT2D eigenvalue weighted by molar-refractivity contribution is 1.15. The van der Waals surface area contributed by atoms with Crippen molar-refractivity contribution >= 4 is 11.8 Å². The van der Waals surface area contributed by atoms with Gasteiger partial charge in [0.05, 0.1) is 0 Å². The number of aryl methyl sites for hydroxylation is 1. The Hall–Kier alpha value is -2.00. The SMILES string of the molecule is c1ccc(CCSc2ccccc2-c2ncc[nH]2)cc1. The van der Waals surface area contributed by atoms with Crippen LogP contribution >= 0.6 is 11.8 Å². The van der Waals surface area contributed by atoms with Crippen LogP contribution in [0, 0.1) is 0 Å². The number of hydrogen-bond donors (Lipinski definition) is 1. The molecule has 0 bridgehead atoms. The molecular weight excluding hydrogens is 264 g/mol. The van der Waals surface area contributed by atoms with Crippen LogP contribution in [0.5, 0.6) is 0 Å². The Morgan fingerprint density at radius 1 is 0.950 bits per heavy atom. The summed E-state index contributed by atoms with van der Waals surface area (Å²) in [5.74, 6) is 2.01. The van der Waals surface area contributed by atoms with Gasteiger partial charge in [-0.15, -0.1) is 11.8 Å². The standard InChI is InChI=1S/C17H16N2S/c1-2-6-14(7-3-1)10-13-20-16-9-5-4-8-15(16)17-18-11-12-19-17/h1-9,11-12H,10,13H2,(H,18,19). The molecule has 0 radical (unpaired) electrons. The number of rotatable bonds is 5. The molecule has 3 aromatic rings. The number of hydrogen-bond acceptors (Lipinski definition) is 2. The fourth-order valence-corrected chi connectivity index (χ4v) is 3.18. The van der Waals surface area contributed by atoms with Gasteiger partial charge in [-0.3, -0.25) is 0 Å². The highest BCUT2D eigenvalue weighted by Gasteiger charge is 2.06. The molecule has 1 aromatic heterocycles. The first kappa shape index (κ1) is 13.0. The Balaban J connectivity index is 1.69. The molecule has 0 saturated heterocycles. The molecule has 0 saturated carbocycles. The van der Waals surface area contributed by atoms with Gasteiger partial charge < -0.3 is 4.98 Å². The largest absolute Gasteiger partial charge is 0.345 e. The third kappa shape index (κ3) is 3.11. The molecule has 0 fully saturated rings. The molecule has 0 spiro atoms. The van der Waals surface area contributed by atoms with Crippen molar-refractivity contribution in [3.8, 4) is 11.4 Å². The van der Waals surface area contributed by atoms with Crippen LogP contribution in [-0.4, -0.2) is 15.7 Å². The fraction of sp³-hybridized carbons (Fsp3) is 0.118. The summed E-state index contributed by atoms with van der Waals surface area (Å²) in [4.78, 5) is 8.80. The van der Waals surface area contributed by atoms with E-state index < -0.39 is 0 Å². The van der Waals surface area contributed by atoms with Gasteiger partial charge in [0, 0.05) is 28.6 Å². The zero-order chi connectivity index (χ0) is 13.6. The molecule has 2 nitrogen and oxygen atoms in total. The molecule has 0 aliphatic carbocycles. The highest BCUT2D eigenvalue weighted by Crippen LogP contribution is 2.29. The van der Waals surface area contributed by atoms with E-state index in [9.17, 15) is 0 Å². The van der Waals surface area contributed by atoms with Crippen molar-refractivity contribution in [2.45, 2.75) is 11.3 Å². The second-order valence-corrected chi connectivity index (χ2v) is 5.65. The number of nitrogens with one attached hydrogen (secondary N) is 1. The quantitative estimate of drug-likeness (QED) is 0.701. The lowest BCUT2D eigenvalue weighted by Gasteiger charge is -2.07. The van der Waals surface area contributed by atoms with Gasteiger partial charge in [-0.2, -0.15) is 0 Å². The zero-order valence-corrected chi connectivity index (χ0v) is 11.9. The van der Waals surface area contributed by atoms with E-state index in [1.165, 1.54) is 16.0 Å². The van der Waals surface area contributed by atoms with Crippen molar-refractivity contribution in [2.75, 3.05) is 5.75 Å². The summed E-state index contributed by atoms with van der Waals surface area (Å²) in [5, 5.41) is 0. The van der Waals surface area contributed by atoms with Crippen LogP contribution in [0.1, 0.15) is 5.56 Å². The van der Waals surface area contributed by atoms with Crippen LogP contribution in [-0.2, 0) is 6.42 Å². The maximum absolute atomic E-state index is 4.34. The molecule has 3 rings (SSSR count). The van der Waals surface area contributed by atoms with E-state index in [2.05, 4.69) is 64.6 Å². The number of nitrogens with zero attached hydrogens (tertiary/aromatic N) is 1. The van der Waals surface area contributed by atoms with E-state index in [1.807, 2.05) is 18.0 Å². The highest BCUT2D eigenvalue weighted by atomic mass is 32.2. The topological polar surface area (TPSA) is 28.7 Å². The maximum Gasteiger partial charge on any atom is 0.138 e. The summed E-state index contributed by atoms with van der Waals surface area (Å²) in [7, 11) is 0. The highest BCUT2D eigenvalue weighted by molar-refractivity contribution is 7.99. The third-order valence-corrected chi connectivity index (χ3v) is 4.21. The monoisotopic (exact) mass is 280 g/mol.